The number of carbonyl (C=O) groups excluding carboxylic acids is 2. The molecule has 0 amide bonds. The van der Waals surface area contributed by atoms with Gasteiger partial charge in [-0.05, 0) is 13.3 Å². The van der Waals surface area contributed by atoms with E-state index in [4.69, 9.17) is 9.90 Å². The predicted octanol–water partition coefficient (Wildman–Crippen LogP) is 1.10. The second-order valence-corrected chi connectivity index (χ2v) is 2.58. The molecule has 0 fully saturated rings. The van der Waals surface area contributed by atoms with Crippen LogP contribution in [0.25, 0.3) is 0 Å². The summed E-state index contributed by atoms with van der Waals surface area (Å²) in [5.41, 5.74) is 0. The highest BCUT2D eigenvalue weighted by Gasteiger charge is 2.05. The SMILES string of the molecule is CC(=O)O.CCCC(=O)OC(C)N=C=O. The summed E-state index contributed by atoms with van der Waals surface area (Å²) < 4.78 is 4.66. The third-order valence-electron chi connectivity index (χ3n) is 0.991. The van der Waals surface area contributed by atoms with Gasteiger partial charge in [0.1, 0.15) is 0 Å². The second kappa shape index (κ2) is 10.4. The Balaban J connectivity index is 0. The van der Waals surface area contributed by atoms with Gasteiger partial charge in [0, 0.05) is 13.3 Å². The van der Waals surface area contributed by atoms with Crippen LogP contribution in [0.3, 0.4) is 0 Å². The molecule has 0 aliphatic rings. The number of hydrogen-bond acceptors (Lipinski definition) is 5. The van der Waals surface area contributed by atoms with Crippen LogP contribution >= 0.6 is 0 Å². The number of rotatable bonds is 4. The van der Waals surface area contributed by atoms with Gasteiger partial charge in [-0.15, -0.1) is 0 Å². The maximum Gasteiger partial charge on any atom is 0.307 e. The summed E-state index contributed by atoms with van der Waals surface area (Å²) in [4.78, 5) is 32.6. The number of isocyanates is 1. The highest BCUT2D eigenvalue weighted by molar-refractivity contribution is 5.69. The monoisotopic (exact) mass is 217 g/mol. The number of hydrogen-bond donors (Lipinski definition) is 1. The zero-order valence-electron chi connectivity index (χ0n) is 9.02. The minimum Gasteiger partial charge on any atom is -0.481 e. The molecule has 0 bridgehead atoms. The van der Waals surface area contributed by atoms with E-state index in [1.807, 2.05) is 6.92 Å². The molecule has 0 aromatic carbocycles. The lowest BCUT2D eigenvalue weighted by molar-refractivity contribution is -0.147. The Morgan fingerprint density at radius 2 is 2.00 bits per heavy atom. The topological polar surface area (TPSA) is 93.0 Å². The first-order chi connectivity index (χ1) is 6.93. The van der Waals surface area contributed by atoms with Crippen molar-refractivity contribution in [3.63, 3.8) is 0 Å². The Labute approximate surface area is 88.0 Å². The van der Waals surface area contributed by atoms with E-state index in [1.54, 1.807) is 0 Å². The van der Waals surface area contributed by atoms with Gasteiger partial charge in [-0.25, -0.2) is 4.79 Å². The third kappa shape index (κ3) is 19.0. The van der Waals surface area contributed by atoms with Crippen LogP contribution in [-0.2, 0) is 19.1 Å². The Morgan fingerprint density at radius 3 is 2.33 bits per heavy atom. The summed E-state index contributed by atoms with van der Waals surface area (Å²) in [5, 5.41) is 7.42. The Bertz CT molecular complexity index is 241. The molecule has 0 aromatic heterocycles. The summed E-state index contributed by atoms with van der Waals surface area (Å²) >= 11 is 0. The van der Waals surface area contributed by atoms with Gasteiger partial charge in [-0.3, -0.25) is 9.59 Å². The zero-order chi connectivity index (χ0) is 12.3. The fraction of sp³-hybridized carbons (Fsp3) is 0.667. The quantitative estimate of drug-likeness (QED) is 0.432. The first kappa shape index (κ1) is 15.8. The molecule has 0 saturated heterocycles. The van der Waals surface area contributed by atoms with Gasteiger partial charge < -0.3 is 9.84 Å². The van der Waals surface area contributed by atoms with Crippen LogP contribution in [-0.4, -0.2) is 29.4 Å². The van der Waals surface area contributed by atoms with E-state index >= 15 is 0 Å². The minimum absolute atomic E-state index is 0.334. The van der Waals surface area contributed by atoms with Crippen LogP contribution in [0.4, 0.5) is 0 Å². The summed E-state index contributed by atoms with van der Waals surface area (Å²) in [7, 11) is 0. The van der Waals surface area contributed by atoms with Crippen LogP contribution in [0.5, 0.6) is 0 Å². The number of carboxylic acid groups (broad SMARTS) is 1. The van der Waals surface area contributed by atoms with Gasteiger partial charge in [0.2, 0.25) is 12.3 Å². The summed E-state index contributed by atoms with van der Waals surface area (Å²) in [5.74, 6) is -1.17. The average Bonchev–Trinajstić information content (AvgIpc) is 2.03. The standard InChI is InChI=1S/C7H11NO3.C2H4O2/c1-3-4-7(10)11-6(2)8-5-9;1-2(3)4/h6H,3-4H2,1-2H3;1H3,(H,3,4). The first-order valence-corrected chi connectivity index (χ1v) is 4.40. The molecule has 0 radical (unpaired) electrons. The molecule has 1 N–H and O–H groups in total. The van der Waals surface area contributed by atoms with Crippen molar-refractivity contribution in [1.82, 2.24) is 0 Å². The molecule has 1 atom stereocenters. The van der Waals surface area contributed by atoms with Gasteiger partial charge in [-0.1, -0.05) is 6.92 Å². The highest BCUT2D eigenvalue weighted by atomic mass is 16.6. The average molecular weight is 217 g/mol. The molecule has 0 aliphatic heterocycles. The summed E-state index contributed by atoms with van der Waals surface area (Å²) in [6, 6.07) is 0. The molecule has 0 rings (SSSR count). The van der Waals surface area contributed by atoms with E-state index < -0.39 is 12.2 Å². The van der Waals surface area contributed by atoms with Crippen molar-refractivity contribution in [2.45, 2.75) is 39.8 Å². The molecule has 0 heterocycles. The van der Waals surface area contributed by atoms with Crippen molar-refractivity contribution >= 4 is 18.0 Å². The van der Waals surface area contributed by atoms with Crippen molar-refractivity contribution in [3.05, 3.63) is 0 Å². The van der Waals surface area contributed by atoms with Gasteiger partial charge in [-0.2, -0.15) is 4.99 Å². The van der Waals surface area contributed by atoms with E-state index in [0.29, 0.717) is 6.42 Å². The number of aliphatic carboxylic acids is 1. The van der Waals surface area contributed by atoms with Crippen molar-refractivity contribution in [2.75, 3.05) is 0 Å². The number of nitrogens with zero attached hydrogens (tertiary/aromatic N) is 1. The normalized spacial score (nSPS) is 10.1. The van der Waals surface area contributed by atoms with Crippen molar-refractivity contribution in [1.29, 1.82) is 0 Å². The molecular formula is C9H15NO5. The molecule has 0 aromatic rings. The molecule has 0 saturated carbocycles. The zero-order valence-corrected chi connectivity index (χ0v) is 9.02. The molecule has 6 nitrogen and oxygen atoms in total. The number of ether oxygens (including phenoxy) is 1. The molecule has 86 valence electrons. The molecule has 15 heavy (non-hydrogen) atoms. The lowest BCUT2D eigenvalue weighted by Crippen LogP contribution is -2.11. The number of carbonyl (C=O) groups is 2. The van der Waals surface area contributed by atoms with Crippen LogP contribution in [0, 0.1) is 0 Å². The van der Waals surface area contributed by atoms with E-state index in [1.165, 1.54) is 13.0 Å². The second-order valence-electron chi connectivity index (χ2n) is 2.58. The van der Waals surface area contributed by atoms with E-state index in [0.717, 1.165) is 13.3 Å². The van der Waals surface area contributed by atoms with Gasteiger partial charge in [0.15, 0.2) is 0 Å². The molecule has 0 spiro atoms. The maximum absolute atomic E-state index is 10.7. The smallest absolute Gasteiger partial charge is 0.307 e. The summed E-state index contributed by atoms with van der Waals surface area (Å²) in [6.45, 7) is 4.47. The molecule has 6 heteroatoms. The fourth-order valence-corrected chi connectivity index (χ4v) is 0.554. The fourth-order valence-electron chi connectivity index (χ4n) is 0.554. The Kier molecular flexibility index (Phi) is 10.9. The molecular weight excluding hydrogens is 202 g/mol. The number of carboxylic acids is 1. The van der Waals surface area contributed by atoms with Crippen molar-refractivity contribution in [3.8, 4) is 0 Å². The van der Waals surface area contributed by atoms with Crippen LogP contribution in [0.15, 0.2) is 4.99 Å². The Morgan fingerprint density at radius 1 is 1.53 bits per heavy atom. The lowest BCUT2D eigenvalue weighted by atomic mass is 10.3. The van der Waals surface area contributed by atoms with E-state index in [2.05, 4.69) is 9.73 Å². The highest BCUT2D eigenvalue weighted by Crippen LogP contribution is 1.96. The lowest BCUT2D eigenvalue weighted by Gasteiger charge is -2.04. The molecule has 1 unspecified atom stereocenters. The van der Waals surface area contributed by atoms with E-state index in [-0.39, 0.29) is 5.97 Å². The van der Waals surface area contributed by atoms with E-state index in [9.17, 15) is 9.59 Å². The number of esters is 1. The Hall–Kier alpha value is -1.68. The van der Waals surface area contributed by atoms with Gasteiger partial charge >= 0.3 is 5.97 Å². The minimum atomic E-state index is -0.833. The number of aliphatic imine (C=N–C) groups is 1. The van der Waals surface area contributed by atoms with Gasteiger partial charge in [0.05, 0.1) is 0 Å². The summed E-state index contributed by atoms with van der Waals surface area (Å²) in [6.07, 6.45) is 1.70. The predicted molar refractivity (Wildman–Crippen MR) is 51.9 cm³/mol. The maximum atomic E-state index is 10.7. The van der Waals surface area contributed by atoms with Crippen LogP contribution < -0.4 is 0 Å². The largest absolute Gasteiger partial charge is 0.481 e. The van der Waals surface area contributed by atoms with Crippen molar-refractivity contribution < 1.29 is 24.2 Å². The molecule has 0 aliphatic carbocycles. The third-order valence-corrected chi connectivity index (χ3v) is 0.991. The first-order valence-electron chi connectivity index (χ1n) is 4.40. The van der Waals surface area contributed by atoms with Crippen LogP contribution in [0.2, 0.25) is 0 Å². The van der Waals surface area contributed by atoms with Gasteiger partial charge in [0.25, 0.3) is 5.97 Å². The van der Waals surface area contributed by atoms with Crippen LogP contribution in [0.1, 0.15) is 33.6 Å². The van der Waals surface area contributed by atoms with Crippen molar-refractivity contribution in [2.24, 2.45) is 4.99 Å².